The second-order valence-electron chi connectivity index (χ2n) is 35.1. The Hall–Kier alpha value is -17.9. The number of hydrogen-bond donors (Lipinski definition) is 0. The van der Waals surface area contributed by atoms with Crippen molar-refractivity contribution in [3.63, 3.8) is 0 Å². The average Bonchev–Trinajstić information content (AvgIpc) is 1.51. The molecule has 8 nitrogen and oxygen atoms in total. The second-order valence-corrected chi connectivity index (χ2v) is 35.1. The van der Waals surface area contributed by atoms with Gasteiger partial charge in [-0.05, 0) is 226 Å². The minimum atomic E-state index is -0.470. The van der Waals surface area contributed by atoms with Crippen LogP contribution in [0.4, 0.5) is 0 Å². The van der Waals surface area contributed by atoms with Crippen molar-refractivity contribution in [1.29, 1.82) is 0 Å². The number of benzene rings is 20. The Morgan fingerprint density at radius 3 is 1.26 bits per heavy atom. The van der Waals surface area contributed by atoms with E-state index in [4.69, 9.17) is 19.4 Å². The van der Waals surface area contributed by atoms with Gasteiger partial charge in [0.15, 0.2) is 0 Å². The SMILES string of the molecule is c1ccc(-c2cccc(-n3c4ccccc4c4c5c(ccc43)C(c3ccccc3)(c3ccccc3)c3ccc4ccccc4c3-5)c2)cc1.c1ccc(-n2c3ccc4c(c5ccccc5n4-c4cc(-c5ccccn5)nc(-c5ccccn5)c4)c3c3c4ccccc4c4ccccc4c32)cc1.c1ccc2cc(-n3c4ccccc4c4c5c(ccc43)oc3cc4ccccc4cc35)ccc2c1. The molecule has 8 aromatic heterocycles. The van der Waals surface area contributed by atoms with Gasteiger partial charge in [0, 0.05) is 88.7 Å². The van der Waals surface area contributed by atoms with Gasteiger partial charge in [0.05, 0.1) is 78.0 Å². The Labute approximate surface area is 770 Å². The summed E-state index contributed by atoms with van der Waals surface area (Å²) in [5.41, 5.74) is 28.9. The summed E-state index contributed by atoms with van der Waals surface area (Å²) in [6, 6.07) is 168. The van der Waals surface area contributed by atoms with Gasteiger partial charge < -0.3 is 22.7 Å². The van der Waals surface area contributed by atoms with E-state index in [0.29, 0.717) is 0 Å². The fourth-order valence-electron chi connectivity index (χ4n) is 22.4. The molecule has 134 heavy (non-hydrogen) atoms. The van der Waals surface area contributed by atoms with E-state index in [9.17, 15) is 0 Å². The maximum atomic E-state index is 6.38. The molecular formula is C126H79N7O. The van der Waals surface area contributed by atoms with E-state index in [-0.39, 0.29) is 0 Å². The van der Waals surface area contributed by atoms with Crippen LogP contribution in [0, 0.1) is 0 Å². The van der Waals surface area contributed by atoms with Gasteiger partial charge in [-0.3, -0.25) is 9.97 Å². The van der Waals surface area contributed by atoms with Crippen molar-refractivity contribution in [3.8, 4) is 67.8 Å². The molecule has 0 amide bonds. The Morgan fingerprint density at radius 1 is 0.201 bits per heavy atom. The molecule has 0 N–H and O–H groups in total. The molecule has 29 rings (SSSR count). The second kappa shape index (κ2) is 30.7. The Bertz CT molecular complexity index is 9530. The summed E-state index contributed by atoms with van der Waals surface area (Å²) in [6.07, 6.45) is 3.63. The molecule has 0 saturated carbocycles. The normalized spacial score (nSPS) is 12.4. The molecule has 20 aromatic carbocycles. The fourth-order valence-corrected chi connectivity index (χ4v) is 22.4. The number of hydrogen-bond acceptors (Lipinski definition) is 4. The van der Waals surface area contributed by atoms with Crippen molar-refractivity contribution >= 4 is 163 Å². The topological polar surface area (TPSA) is 71.5 Å². The van der Waals surface area contributed by atoms with Crippen LogP contribution in [0.3, 0.4) is 0 Å². The van der Waals surface area contributed by atoms with Crippen LogP contribution in [-0.2, 0) is 5.41 Å². The van der Waals surface area contributed by atoms with Gasteiger partial charge in [-0.2, -0.15) is 0 Å². The van der Waals surface area contributed by atoms with E-state index in [1.165, 1.54) is 191 Å². The predicted molar refractivity (Wildman–Crippen MR) is 558 cm³/mol. The molecule has 0 unspecified atom stereocenters. The molecule has 1 aliphatic carbocycles. The average molecular weight is 1710 g/mol. The molecule has 0 spiro atoms. The first-order valence-corrected chi connectivity index (χ1v) is 45.9. The quantitative estimate of drug-likeness (QED) is 0.135. The number of fused-ring (bicyclic) bond motifs is 30. The van der Waals surface area contributed by atoms with Gasteiger partial charge in [0.25, 0.3) is 0 Å². The van der Waals surface area contributed by atoms with Gasteiger partial charge in [-0.1, -0.05) is 334 Å². The third-order valence-corrected chi connectivity index (χ3v) is 28.0. The zero-order chi connectivity index (χ0) is 88.1. The smallest absolute Gasteiger partial charge is 0.136 e. The fraction of sp³-hybridized carbons (Fsp3) is 0.00794. The Kier molecular flexibility index (Phi) is 17.4. The van der Waals surface area contributed by atoms with Crippen LogP contribution < -0.4 is 0 Å². The summed E-state index contributed by atoms with van der Waals surface area (Å²) >= 11 is 0. The Morgan fingerprint density at radius 2 is 0.634 bits per heavy atom. The third kappa shape index (κ3) is 11.7. The number of para-hydroxylation sites is 4. The first kappa shape index (κ1) is 76.2. The maximum Gasteiger partial charge on any atom is 0.136 e. The van der Waals surface area contributed by atoms with Gasteiger partial charge >= 0.3 is 0 Å². The van der Waals surface area contributed by atoms with Crippen LogP contribution >= 0.6 is 0 Å². The molecule has 8 heteroatoms. The number of rotatable bonds is 9. The van der Waals surface area contributed by atoms with Crippen LogP contribution in [0.25, 0.3) is 231 Å². The highest BCUT2D eigenvalue weighted by Gasteiger charge is 2.48. The minimum absolute atomic E-state index is 0.470. The van der Waals surface area contributed by atoms with Crippen molar-refractivity contribution in [2.24, 2.45) is 0 Å². The van der Waals surface area contributed by atoms with Gasteiger partial charge in [-0.25, -0.2) is 4.98 Å². The van der Waals surface area contributed by atoms with Crippen molar-refractivity contribution in [3.05, 3.63) is 502 Å². The highest BCUT2D eigenvalue weighted by atomic mass is 16.3. The van der Waals surface area contributed by atoms with Crippen LogP contribution in [0.2, 0.25) is 0 Å². The molecule has 0 saturated heterocycles. The Balaban J connectivity index is 0.000000105. The zero-order valence-electron chi connectivity index (χ0n) is 72.6. The monoisotopic (exact) mass is 1710 g/mol. The van der Waals surface area contributed by atoms with Crippen LogP contribution in [0.5, 0.6) is 0 Å². The van der Waals surface area contributed by atoms with E-state index < -0.39 is 5.41 Å². The van der Waals surface area contributed by atoms with E-state index in [0.717, 1.165) is 62.0 Å². The number of aromatic nitrogens is 7. The summed E-state index contributed by atoms with van der Waals surface area (Å²) in [5, 5.41) is 24.8. The first-order chi connectivity index (χ1) is 66.5. The highest BCUT2D eigenvalue weighted by Crippen LogP contribution is 2.61. The first-order valence-electron chi connectivity index (χ1n) is 45.9. The standard InChI is InChI=1S/C47H29N5.C47H31N.C32H19NO/c1-2-14-30(15-3-1)52-43-25-24-42-44(46(43)45-34-18-6-4-16-32(34)33-17-5-7-19-35(33)47(45)52)36-20-8-9-23-41(36)51(42)31-28-39(37-21-10-12-26-48-37)50-40(29-31)38-22-11-13-27-49-38;1-4-15-32(16-5-1)34-18-14-23-37(31-34)48-42-26-13-12-25-39(42)45-43(48)30-29-41-46(45)44-38-24-11-10-17-33(38)27-28-40(44)47(41,35-19-6-2-7-20-35)36-21-8-3-9-22-36;1-2-8-21-17-24(14-13-20(21)7-1)33-27-12-6-5-11-25(27)31-28(33)15-16-29-32(31)26-18-22-9-3-4-10-23(22)19-30(26)34-29/h1-29H;1-31H;1-19H. The molecule has 8 heterocycles. The molecular weight excluding hydrogens is 1630 g/mol. The lowest BCUT2D eigenvalue weighted by Gasteiger charge is -2.34. The van der Waals surface area contributed by atoms with Crippen LogP contribution in [0.15, 0.2) is 484 Å². The van der Waals surface area contributed by atoms with Crippen LogP contribution in [-0.4, -0.2) is 33.2 Å². The number of pyridine rings is 3. The summed E-state index contributed by atoms with van der Waals surface area (Å²) in [7, 11) is 0. The summed E-state index contributed by atoms with van der Waals surface area (Å²) in [6.45, 7) is 0. The molecule has 0 fully saturated rings. The van der Waals surface area contributed by atoms with E-state index >= 15 is 0 Å². The van der Waals surface area contributed by atoms with Gasteiger partial charge in [0.1, 0.15) is 11.2 Å². The number of furan rings is 1. The molecule has 0 bridgehead atoms. The summed E-state index contributed by atoms with van der Waals surface area (Å²) < 4.78 is 16.1. The van der Waals surface area contributed by atoms with Crippen molar-refractivity contribution < 1.29 is 4.42 Å². The van der Waals surface area contributed by atoms with E-state index in [2.05, 4.69) is 449 Å². The van der Waals surface area contributed by atoms with E-state index in [1.807, 2.05) is 48.8 Å². The lowest BCUT2D eigenvalue weighted by Crippen LogP contribution is -2.28. The minimum Gasteiger partial charge on any atom is -0.456 e. The number of nitrogens with zero attached hydrogens (tertiary/aromatic N) is 7. The summed E-state index contributed by atoms with van der Waals surface area (Å²) in [4.78, 5) is 14.5. The molecule has 0 atom stereocenters. The lowest BCUT2D eigenvalue weighted by molar-refractivity contribution is 0.669. The zero-order valence-corrected chi connectivity index (χ0v) is 72.6. The summed E-state index contributed by atoms with van der Waals surface area (Å²) in [5.74, 6) is 0. The lowest BCUT2D eigenvalue weighted by atomic mass is 9.67. The highest BCUT2D eigenvalue weighted by molar-refractivity contribution is 6.39. The third-order valence-electron chi connectivity index (χ3n) is 28.0. The van der Waals surface area contributed by atoms with E-state index in [1.54, 1.807) is 0 Å². The largest absolute Gasteiger partial charge is 0.456 e. The maximum absolute atomic E-state index is 6.38. The molecule has 0 aliphatic heterocycles. The molecule has 28 aromatic rings. The van der Waals surface area contributed by atoms with Crippen molar-refractivity contribution in [2.75, 3.05) is 0 Å². The molecule has 1 aliphatic rings. The van der Waals surface area contributed by atoms with Crippen molar-refractivity contribution in [2.45, 2.75) is 5.41 Å². The predicted octanol–water partition coefficient (Wildman–Crippen LogP) is 32.7. The van der Waals surface area contributed by atoms with Gasteiger partial charge in [-0.15, -0.1) is 0 Å². The van der Waals surface area contributed by atoms with Crippen molar-refractivity contribution in [1.82, 2.24) is 33.2 Å². The van der Waals surface area contributed by atoms with Crippen LogP contribution in [0.1, 0.15) is 22.3 Å². The molecule has 0 radical (unpaired) electrons. The molecule has 624 valence electrons. The van der Waals surface area contributed by atoms with Gasteiger partial charge in [0.2, 0.25) is 0 Å².